The minimum atomic E-state index is -5.47. The van der Waals surface area contributed by atoms with Gasteiger partial charge in [-0.2, -0.15) is 4.31 Å². The van der Waals surface area contributed by atoms with Crippen molar-refractivity contribution in [3.63, 3.8) is 0 Å². The third-order valence-corrected chi connectivity index (χ3v) is 8.40. The van der Waals surface area contributed by atoms with Crippen LogP contribution in [0.5, 0.6) is 0 Å². The van der Waals surface area contributed by atoms with Crippen molar-refractivity contribution in [2.75, 3.05) is 6.61 Å². The maximum atomic E-state index is 12.2. The fourth-order valence-corrected chi connectivity index (χ4v) is 6.46. The molecule has 1 fully saturated rings. The lowest BCUT2D eigenvalue weighted by Crippen LogP contribution is -2.33. The molecule has 0 spiro atoms. The molecular formula is C11H18BN4O13P3. The maximum absolute atomic E-state index is 12.2. The number of hydrogen-bond acceptors (Lipinski definition) is 12. The molecule has 2 aromatic rings. The highest BCUT2D eigenvalue weighted by Crippen LogP contribution is 2.66. The molecule has 6 atom stereocenters. The molecule has 0 aromatic carbocycles. The number of aryl methyl sites for hydroxylation is 1. The number of fused-ring (bicyclic) bond motifs is 1. The summed E-state index contributed by atoms with van der Waals surface area (Å²) in [5.74, 6) is 0.257. The molecule has 1 aliphatic rings. The summed E-state index contributed by atoms with van der Waals surface area (Å²) in [6.45, 7) is 0.780. The van der Waals surface area contributed by atoms with Gasteiger partial charge in [-0.3, -0.25) is 13.9 Å². The number of rotatable bonds is 8. The fourth-order valence-electron chi connectivity index (χ4n) is 2.89. The van der Waals surface area contributed by atoms with Crippen LogP contribution in [0, 0.1) is 6.92 Å². The van der Waals surface area contributed by atoms with Crippen molar-refractivity contribution < 1.29 is 56.5 Å². The summed E-state index contributed by atoms with van der Waals surface area (Å²) in [5.41, 5.74) is -0.519. The van der Waals surface area contributed by atoms with E-state index in [0.29, 0.717) is 7.57 Å². The highest BCUT2D eigenvalue weighted by atomic mass is 31.3. The minimum absolute atomic E-state index is 0.0456. The Balaban J connectivity index is 1.72. The molecule has 3 heterocycles. The zero-order valence-electron chi connectivity index (χ0n) is 16.3. The Hall–Kier alpha value is -1.26. The number of imidazole rings is 1. The second kappa shape index (κ2) is 8.83. The summed E-state index contributed by atoms with van der Waals surface area (Å²) in [6, 6.07) is 0. The molecule has 6 N–H and O–H groups in total. The number of aliphatic hydroxyl groups excluding tert-OH is 2. The van der Waals surface area contributed by atoms with E-state index < -0.39 is 59.8 Å². The lowest BCUT2D eigenvalue weighted by atomic mass is 10.1. The van der Waals surface area contributed by atoms with Crippen molar-refractivity contribution in [2.45, 2.75) is 31.5 Å². The standard InChI is InChI=1S/C11H18BN4O13P3/c1-4-14-9-6(10(19)15-4)13-3-16(9)11-8(18)7(17)5(27-11)2-26-30(12,20)28-32(24,25)29-31(21,22)23/h3,5,7-8,11,17-18H,2,12H2,1H3,(H,24,25)(H,14,15,19)(H2,21,22,23)/t5-,7?,8+,11-,30?/m1/s1. The third kappa shape index (κ3) is 5.80. The van der Waals surface area contributed by atoms with Gasteiger partial charge in [0.1, 0.15) is 24.1 Å². The Morgan fingerprint density at radius 2 is 1.88 bits per heavy atom. The highest BCUT2D eigenvalue weighted by molar-refractivity contribution is 7.84. The predicted molar refractivity (Wildman–Crippen MR) is 105 cm³/mol. The van der Waals surface area contributed by atoms with Crippen LogP contribution in [-0.4, -0.2) is 76.9 Å². The van der Waals surface area contributed by atoms with E-state index in [1.54, 1.807) is 0 Å². The normalized spacial score (nSPS) is 27.9. The first-order valence-electron chi connectivity index (χ1n) is 8.57. The van der Waals surface area contributed by atoms with Crippen LogP contribution in [0.3, 0.4) is 0 Å². The van der Waals surface area contributed by atoms with Crippen LogP contribution >= 0.6 is 23.1 Å². The molecule has 0 radical (unpaired) electrons. The van der Waals surface area contributed by atoms with E-state index in [2.05, 4.69) is 23.6 Å². The van der Waals surface area contributed by atoms with Crippen molar-refractivity contribution >= 4 is 41.8 Å². The van der Waals surface area contributed by atoms with Gasteiger partial charge in [0.05, 0.1) is 12.9 Å². The molecule has 0 saturated carbocycles. The van der Waals surface area contributed by atoms with Gasteiger partial charge in [0, 0.05) is 0 Å². The average molecular weight is 518 g/mol. The molecule has 3 unspecified atom stereocenters. The van der Waals surface area contributed by atoms with Crippen LogP contribution in [-0.2, 0) is 31.6 Å². The Labute approximate surface area is 179 Å². The first-order valence-corrected chi connectivity index (χ1v) is 13.6. The van der Waals surface area contributed by atoms with Gasteiger partial charge in [-0.05, 0) is 6.92 Å². The first kappa shape index (κ1) is 25.4. The average Bonchev–Trinajstić information content (AvgIpc) is 3.12. The molecule has 3 rings (SSSR count). The minimum Gasteiger partial charge on any atom is -0.387 e. The Kier molecular flexibility index (Phi) is 7.00. The predicted octanol–water partition coefficient (Wildman–Crippen LogP) is -1.97. The van der Waals surface area contributed by atoms with E-state index in [0.717, 1.165) is 6.33 Å². The molecular weight excluding hydrogens is 500 g/mol. The van der Waals surface area contributed by atoms with E-state index in [-0.39, 0.29) is 17.0 Å². The van der Waals surface area contributed by atoms with Crippen molar-refractivity contribution in [3.05, 3.63) is 22.5 Å². The number of aromatic nitrogens is 4. The zero-order chi connectivity index (χ0) is 24.1. The van der Waals surface area contributed by atoms with E-state index >= 15 is 0 Å². The molecule has 32 heavy (non-hydrogen) atoms. The lowest BCUT2D eigenvalue weighted by molar-refractivity contribution is -0.0479. The van der Waals surface area contributed by atoms with Gasteiger partial charge in [0.15, 0.2) is 17.4 Å². The highest BCUT2D eigenvalue weighted by Gasteiger charge is 2.46. The SMILES string of the molecule is BP(=O)(OC[C@H]1O[C@@H](n2cnc3c(=O)[nH]c(C)nc32)[C@@H](O)C1O)OP(=O)(O)OP(=O)(O)O. The van der Waals surface area contributed by atoms with Crippen LogP contribution in [0.15, 0.2) is 11.1 Å². The second-order valence-electron chi connectivity index (χ2n) is 6.71. The number of nitrogens with one attached hydrogen (secondary N) is 1. The molecule has 21 heteroatoms. The monoisotopic (exact) mass is 518 g/mol. The molecule has 0 bridgehead atoms. The zero-order valence-corrected chi connectivity index (χ0v) is 19.0. The summed E-state index contributed by atoms with van der Waals surface area (Å²) < 4.78 is 53.7. The molecule has 1 aliphatic heterocycles. The van der Waals surface area contributed by atoms with Crippen LogP contribution in [0.4, 0.5) is 0 Å². The van der Waals surface area contributed by atoms with E-state index in [9.17, 15) is 33.6 Å². The van der Waals surface area contributed by atoms with Gasteiger partial charge in [0.25, 0.3) is 20.6 Å². The summed E-state index contributed by atoms with van der Waals surface area (Å²) in [7, 11) is -14.7. The van der Waals surface area contributed by atoms with Gasteiger partial charge in [0.2, 0.25) is 0 Å². The number of aliphatic hydroxyl groups is 2. The second-order valence-corrected chi connectivity index (χ2v) is 11.7. The van der Waals surface area contributed by atoms with Crippen LogP contribution < -0.4 is 5.56 Å². The Morgan fingerprint density at radius 3 is 2.50 bits per heavy atom. The number of phosphoric acid groups is 2. The van der Waals surface area contributed by atoms with Crippen LogP contribution in [0.2, 0.25) is 0 Å². The molecule has 0 aliphatic carbocycles. The lowest BCUT2D eigenvalue weighted by Gasteiger charge is -2.21. The van der Waals surface area contributed by atoms with Gasteiger partial charge >= 0.3 is 15.6 Å². The summed E-state index contributed by atoms with van der Waals surface area (Å²) in [5, 5.41) is 20.6. The van der Waals surface area contributed by atoms with Gasteiger partial charge in [-0.15, -0.1) is 0 Å². The van der Waals surface area contributed by atoms with Crippen molar-refractivity contribution in [1.82, 2.24) is 19.5 Å². The molecule has 178 valence electrons. The van der Waals surface area contributed by atoms with E-state index in [4.69, 9.17) is 19.0 Å². The Bertz CT molecular complexity index is 1210. The number of H-pyrrole nitrogens is 1. The first-order chi connectivity index (χ1) is 14.6. The van der Waals surface area contributed by atoms with E-state index in [1.165, 1.54) is 11.5 Å². The number of aromatic amines is 1. The van der Waals surface area contributed by atoms with E-state index in [1.807, 2.05) is 0 Å². The summed E-state index contributed by atoms with van der Waals surface area (Å²) in [4.78, 5) is 48.9. The number of ether oxygens (including phenoxy) is 1. The smallest absolute Gasteiger partial charge is 0.387 e. The number of hydrogen-bond donors (Lipinski definition) is 6. The molecule has 0 amide bonds. The van der Waals surface area contributed by atoms with Crippen LogP contribution in [0.1, 0.15) is 12.1 Å². The largest absolute Gasteiger partial charge is 0.487 e. The summed E-state index contributed by atoms with van der Waals surface area (Å²) in [6.07, 6.45) is -4.63. The van der Waals surface area contributed by atoms with Gasteiger partial charge < -0.3 is 39.1 Å². The Morgan fingerprint density at radius 1 is 1.22 bits per heavy atom. The van der Waals surface area contributed by atoms with Crippen molar-refractivity contribution in [1.29, 1.82) is 0 Å². The maximum Gasteiger partial charge on any atom is 0.487 e. The third-order valence-electron chi connectivity index (χ3n) is 4.10. The van der Waals surface area contributed by atoms with Gasteiger partial charge in [-0.25, -0.2) is 23.4 Å². The molecule has 2 aromatic heterocycles. The molecule has 17 nitrogen and oxygen atoms in total. The van der Waals surface area contributed by atoms with Crippen molar-refractivity contribution in [2.24, 2.45) is 0 Å². The van der Waals surface area contributed by atoms with Gasteiger partial charge in [-0.1, -0.05) is 0 Å². The fraction of sp³-hybridized carbons (Fsp3) is 0.545. The quantitative estimate of drug-likeness (QED) is 0.164. The van der Waals surface area contributed by atoms with Crippen molar-refractivity contribution in [3.8, 4) is 0 Å². The number of nitrogens with zero attached hydrogens (tertiary/aromatic N) is 3. The topological polar surface area (TPSA) is 253 Å². The van der Waals surface area contributed by atoms with Crippen LogP contribution in [0.25, 0.3) is 11.2 Å². The molecule has 1 saturated heterocycles. The summed E-state index contributed by atoms with van der Waals surface area (Å²) >= 11 is 0.